The highest BCUT2D eigenvalue weighted by molar-refractivity contribution is 6.91. The van der Waals surface area contributed by atoms with Gasteiger partial charge in [-0.1, -0.05) is 72.9 Å². The van der Waals surface area contributed by atoms with Crippen LogP contribution in [0.4, 0.5) is 16.2 Å². The molecule has 5 atom stereocenters. The minimum absolute atomic E-state index is 0.0436. The summed E-state index contributed by atoms with van der Waals surface area (Å²) in [6, 6.07) is 23.8. The quantitative estimate of drug-likeness (QED) is 0.241. The van der Waals surface area contributed by atoms with Crippen molar-refractivity contribution >= 4 is 36.6 Å². The molecule has 1 N–H and O–H groups in total. The first-order valence-corrected chi connectivity index (χ1v) is 19.9. The molecule has 49 heavy (non-hydrogen) atoms. The van der Waals surface area contributed by atoms with Gasteiger partial charge in [0, 0.05) is 37.0 Å². The van der Waals surface area contributed by atoms with E-state index in [4.69, 9.17) is 14.2 Å². The molecule has 256 valence electrons. The van der Waals surface area contributed by atoms with Crippen LogP contribution in [0.3, 0.4) is 0 Å². The Hall–Kier alpha value is -4.52. The van der Waals surface area contributed by atoms with Crippen LogP contribution in [0, 0.1) is 5.92 Å². The lowest BCUT2D eigenvalue weighted by Gasteiger charge is -2.37. The van der Waals surface area contributed by atoms with E-state index < -0.39 is 19.8 Å². The van der Waals surface area contributed by atoms with Crippen LogP contribution in [0.25, 0.3) is 0 Å². The second kappa shape index (κ2) is 12.7. The van der Waals surface area contributed by atoms with Gasteiger partial charge in [-0.25, -0.2) is 4.79 Å². The normalized spacial score (nSPS) is 24.1. The molecule has 11 nitrogen and oxygen atoms in total. The monoisotopic (exact) mass is 681 g/mol. The number of aliphatic hydroxyl groups excluding tert-OH is 1. The molecule has 0 radical (unpaired) electrons. The number of hydrogen-bond acceptors (Lipinski definition) is 8. The smallest absolute Gasteiger partial charge is 0.414 e. The zero-order valence-corrected chi connectivity index (χ0v) is 29.6. The molecular weight excluding hydrogens is 639 g/mol. The van der Waals surface area contributed by atoms with Crippen molar-refractivity contribution in [1.82, 2.24) is 15.0 Å². The van der Waals surface area contributed by atoms with Gasteiger partial charge in [0.25, 0.3) is 5.91 Å². The highest BCUT2D eigenvalue weighted by atomic mass is 28.3. The number of ether oxygens (including phenoxy) is 3. The van der Waals surface area contributed by atoms with E-state index in [9.17, 15) is 14.7 Å². The lowest BCUT2D eigenvalue weighted by Crippen LogP contribution is -2.51. The van der Waals surface area contributed by atoms with Gasteiger partial charge in [0.2, 0.25) is 0 Å². The summed E-state index contributed by atoms with van der Waals surface area (Å²) in [5.74, 6) is 0.243. The molecule has 1 unspecified atom stereocenters. The highest BCUT2D eigenvalue weighted by Gasteiger charge is 2.65. The minimum Gasteiger partial charge on any atom is -0.497 e. The van der Waals surface area contributed by atoms with E-state index in [1.807, 2.05) is 71.5 Å². The summed E-state index contributed by atoms with van der Waals surface area (Å²) in [6.45, 7) is 8.08. The largest absolute Gasteiger partial charge is 0.497 e. The van der Waals surface area contributed by atoms with Crippen molar-refractivity contribution in [3.8, 4) is 5.75 Å². The lowest BCUT2D eigenvalue weighted by molar-refractivity contribution is -0.145. The maximum absolute atomic E-state index is 14.5. The number of carbonyl (C=O) groups excluding carboxylic acids is 2. The molecule has 4 heterocycles. The second-order valence-electron chi connectivity index (χ2n) is 13.8. The molecular formula is C37H43N5O6Si. The molecule has 0 aliphatic carbocycles. The molecule has 3 aromatic carbocycles. The Balaban J connectivity index is 1.25. The van der Waals surface area contributed by atoms with Gasteiger partial charge in [-0.2, -0.15) is 0 Å². The molecule has 4 aromatic rings. The van der Waals surface area contributed by atoms with Crippen molar-refractivity contribution in [2.45, 2.75) is 56.1 Å². The first-order chi connectivity index (χ1) is 23.6. The molecule has 1 aromatic heterocycles. The van der Waals surface area contributed by atoms with Crippen LogP contribution in [0.2, 0.25) is 18.6 Å². The number of aromatic nitrogens is 3. The fraction of sp³-hybridized carbons (Fsp3) is 0.405. The maximum Gasteiger partial charge on any atom is 0.414 e. The topological polar surface area (TPSA) is 119 Å². The van der Waals surface area contributed by atoms with Crippen LogP contribution >= 0.6 is 0 Å². The number of carbonyl (C=O) groups is 2. The van der Waals surface area contributed by atoms with E-state index in [1.54, 1.807) is 24.0 Å². The number of fused-ring (bicyclic) bond motifs is 2. The SMILES string of the molecule is COc1ccc([Si](C)(C)[C@H]2[C@H](CCn3cc(C(CO)c4ccccc4)nn3)O[C@@]3(C(=O)N(C)c4ccc(N5CCOC5=O)cc43)[C@@H]2C)cc1. The molecule has 1 spiro atoms. The second-order valence-corrected chi connectivity index (χ2v) is 18.5. The van der Waals surface area contributed by atoms with Gasteiger partial charge in [-0.05, 0) is 47.9 Å². The number of cyclic esters (lactones) is 1. The third kappa shape index (κ3) is 5.42. The molecule has 0 bridgehead atoms. The number of benzene rings is 3. The Labute approximate surface area is 287 Å². The Morgan fingerprint density at radius 3 is 2.51 bits per heavy atom. The van der Waals surface area contributed by atoms with E-state index in [1.165, 1.54) is 5.19 Å². The number of methoxy groups -OCH3 is 1. The highest BCUT2D eigenvalue weighted by Crippen LogP contribution is 2.60. The fourth-order valence-electron chi connectivity index (χ4n) is 8.37. The van der Waals surface area contributed by atoms with Crippen LogP contribution in [0.5, 0.6) is 5.75 Å². The van der Waals surface area contributed by atoms with Gasteiger partial charge < -0.3 is 24.2 Å². The number of anilines is 2. The van der Waals surface area contributed by atoms with E-state index in [0.717, 1.165) is 22.6 Å². The van der Waals surface area contributed by atoms with E-state index in [2.05, 4.69) is 42.5 Å². The van der Waals surface area contributed by atoms with Crippen molar-refractivity contribution in [1.29, 1.82) is 0 Å². The summed E-state index contributed by atoms with van der Waals surface area (Å²) in [7, 11) is 1.12. The van der Waals surface area contributed by atoms with Crippen molar-refractivity contribution in [3.63, 3.8) is 0 Å². The number of hydrogen-bond donors (Lipinski definition) is 1. The zero-order chi connectivity index (χ0) is 34.5. The van der Waals surface area contributed by atoms with Crippen molar-refractivity contribution in [3.05, 3.63) is 95.8 Å². The molecule has 2 amide bonds. The summed E-state index contributed by atoms with van der Waals surface area (Å²) in [5.41, 5.74) is 2.76. The van der Waals surface area contributed by atoms with Gasteiger partial charge >= 0.3 is 6.09 Å². The predicted molar refractivity (Wildman–Crippen MR) is 188 cm³/mol. The summed E-state index contributed by atoms with van der Waals surface area (Å²) in [5, 5.41) is 20.4. The molecule has 7 rings (SSSR count). The van der Waals surface area contributed by atoms with E-state index in [0.29, 0.717) is 37.5 Å². The number of aryl methyl sites for hydroxylation is 1. The first kappa shape index (κ1) is 33.0. The third-order valence-electron chi connectivity index (χ3n) is 11.0. The zero-order valence-electron chi connectivity index (χ0n) is 28.6. The van der Waals surface area contributed by atoms with Gasteiger partial charge in [-0.15, -0.1) is 5.10 Å². The number of amides is 2. The van der Waals surface area contributed by atoms with Crippen molar-refractivity contribution < 1.29 is 28.9 Å². The Bertz CT molecular complexity index is 1850. The summed E-state index contributed by atoms with van der Waals surface area (Å²) in [4.78, 5) is 30.3. The van der Waals surface area contributed by atoms with Crippen LogP contribution < -0.4 is 19.7 Å². The average Bonchev–Trinajstić information content (AvgIpc) is 3.88. The maximum atomic E-state index is 14.5. The van der Waals surface area contributed by atoms with E-state index >= 15 is 0 Å². The average molecular weight is 682 g/mol. The van der Waals surface area contributed by atoms with Crippen LogP contribution in [0.15, 0.2) is 79.0 Å². The van der Waals surface area contributed by atoms with Crippen LogP contribution in [-0.4, -0.2) is 80.2 Å². The predicted octanol–water partition coefficient (Wildman–Crippen LogP) is 4.65. The number of likely N-dealkylation sites (N-methyl/N-ethyl adjacent to an activating group) is 1. The Morgan fingerprint density at radius 1 is 1.08 bits per heavy atom. The van der Waals surface area contributed by atoms with Gasteiger partial charge in [0.05, 0.1) is 51.7 Å². The van der Waals surface area contributed by atoms with Gasteiger partial charge in [0.1, 0.15) is 12.4 Å². The molecule has 3 aliphatic rings. The molecule has 2 saturated heterocycles. The lowest BCUT2D eigenvalue weighted by atomic mass is 9.82. The Kier molecular flexibility index (Phi) is 8.58. The molecule has 12 heteroatoms. The summed E-state index contributed by atoms with van der Waals surface area (Å²) in [6.07, 6.45) is 1.83. The molecule has 3 aliphatic heterocycles. The number of aliphatic hydroxyl groups is 1. The fourth-order valence-corrected chi connectivity index (χ4v) is 12.4. The Morgan fingerprint density at radius 2 is 1.84 bits per heavy atom. The van der Waals surface area contributed by atoms with Crippen LogP contribution in [0.1, 0.15) is 36.1 Å². The molecule has 0 saturated carbocycles. The van der Waals surface area contributed by atoms with Gasteiger partial charge in [0.15, 0.2) is 5.60 Å². The van der Waals surface area contributed by atoms with E-state index in [-0.39, 0.29) is 36.0 Å². The summed E-state index contributed by atoms with van der Waals surface area (Å²) < 4.78 is 19.7. The first-order valence-electron chi connectivity index (χ1n) is 16.8. The number of nitrogens with zero attached hydrogens (tertiary/aromatic N) is 5. The molecule has 2 fully saturated rings. The minimum atomic E-state index is -2.34. The standard InChI is InChI=1S/C37H43N5O6Si/c1-24-34(49(4,5)28-14-12-27(46-3)13-15-28)33(17-18-41-22-31(38-39-41)29(23-43)25-9-7-6-8-10-25)48-37(24)30-21-26(42-19-20-47-36(42)45)11-16-32(30)40(2)35(37)44/h6-16,21-22,24,29,33-34,43H,17-20,23H2,1-5H3/t24-,29?,33+,34-,37+/m1/s1. The van der Waals surface area contributed by atoms with Crippen molar-refractivity contribution in [2.75, 3.05) is 43.7 Å². The van der Waals surface area contributed by atoms with Gasteiger partial charge in [-0.3, -0.25) is 14.4 Å². The third-order valence-corrected chi connectivity index (χ3v) is 15.3. The van der Waals surface area contributed by atoms with Crippen molar-refractivity contribution in [2.24, 2.45) is 5.92 Å². The van der Waals surface area contributed by atoms with Crippen LogP contribution in [-0.2, 0) is 26.4 Å². The summed E-state index contributed by atoms with van der Waals surface area (Å²) >= 11 is 0. The number of rotatable bonds is 10.